The van der Waals surface area contributed by atoms with Crippen LogP contribution in [-0.4, -0.2) is 173 Å². The summed E-state index contributed by atoms with van der Waals surface area (Å²) in [7, 11) is 2.37. The Bertz CT molecular complexity index is 3430. The van der Waals surface area contributed by atoms with Crippen LogP contribution in [0.15, 0.2) is 60.7 Å². The molecule has 98 heavy (non-hydrogen) atoms. The molecule has 5 heterocycles. The lowest BCUT2D eigenvalue weighted by atomic mass is 9.85. The van der Waals surface area contributed by atoms with Crippen molar-refractivity contribution in [3.05, 3.63) is 72.1 Å². The number of nitrogens with one attached hydrogen (secondary N) is 2. The van der Waals surface area contributed by atoms with E-state index in [1.165, 1.54) is 81.5 Å². The normalized spacial score (nSPS) is 24.0. The van der Waals surface area contributed by atoms with Gasteiger partial charge in [-0.3, -0.25) is 9.59 Å². The van der Waals surface area contributed by atoms with Crippen molar-refractivity contribution in [2.24, 2.45) is 10.8 Å². The fourth-order valence-electron chi connectivity index (χ4n) is 12.3. The highest BCUT2D eigenvalue weighted by atomic mass is 79.9. The second kappa shape index (κ2) is 35.8. The number of amides is 4. The van der Waals surface area contributed by atoms with E-state index in [-0.39, 0.29) is 56.3 Å². The van der Waals surface area contributed by atoms with Crippen molar-refractivity contribution in [1.29, 1.82) is 0 Å². The van der Waals surface area contributed by atoms with Gasteiger partial charge in [0.15, 0.2) is 11.4 Å². The summed E-state index contributed by atoms with van der Waals surface area (Å²) in [5.41, 5.74) is -1.91. The molecule has 3 aliphatic heterocycles. The number of aromatic nitrogens is 4. The standard InChI is InChI=1S/C30H35BrF2N4O7.C30H36F2N4O7.C10H22S/c1-6-14-42-21-12-9-13-22(21)44-28(40)36-24(29(2,3)4)26(38)37-16-17(15-20(37)27(39)41-5)43-25-23(30(31,32)33)34-18-10-7-8-11-19(18)35-25;1-29(2,3)24-26(37)36-16-17(15-20(36)27(38)40-4)42-25-23(33-18-9-5-6-10-19(18)34-25)30(31,32)13-8-14-41-21-11-7-12-22(21)43-28(39)35-24;1-2-3-4-5-6-7-8-9-10-11/h1,7-8,10-11,17,20-22,24H,9,12-16H2,2-5H3,(H,36,40);5-6,8-10,13,17,20-22,24H,7,11-12,14-16H2,1-4H3,(H,35,39);11H,2-10H2,1H3/b;13-8+;/t2*17-,20+,21-,22-,24-;/m11./s1. The molecule has 0 radical (unpaired) electrons. The highest BCUT2D eigenvalue weighted by Crippen LogP contribution is 2.41. The second-order valence-electron chi connectivity index (χ2n) is 27.0. The minimum Gasteiger partial charge on any atom is -0.471 e. The molecule has 4 fully saturated rings. The van der Waals surface area contributed by atoms with Crippen LogP contribution in [0.1, 0.15) is 163 Å². The number of para-hydroxylation sites is 4. The molecule has 22 nitrogen and oxygen atoms in total. The predicted octanol–water partition coefficient (Wildman–Crippen LogP) is 12.3. The molecule has 538 valence electrons. The number of likely N-dealkylation sites (tertiary alicyclic amines) is 1. The maximum atomic E-state index is 15.7. The fourth-order valence-corrected chi connectivity index (χ4v) is 12.8. The molecule has 0 spiro atoms. The number of nitrogens with zero attached hydrogens (tertiary/aromatic N) is 6. The molecule has 2 aromatic heterocycles. The molecular weight excluding hydrogens is 1360 g/mol. The lowest BCUT2D eigenvalue weighted by Crippen LogP contribution is -2.57. The van der Waals surface area contributed by atoms with Gasteiger partial charge in [-0.2, -0.15) is 30.2 Å². The Morgan fingerprint density at radius 1 is 0.796 bits per heavy atom. The van der Waals surface area contributed by atoms with Crippen LogP contribution in [0.5, 0.6) is 11.8 Å². The Kier molecular flexibility index (Phi) is 28.6. The second-order valence-corrected chi connectivity index (χ2v) is 28.5. The van der Waals surface area contributed by atoms with Crippen molar-refractivity contribution in [2.75, 3.05) is 46.3 Å². The van der Waals surface area contributed by atoms with E-state index in [0.717, 1.165) is 12.2 Å². The molecule has 9 rings (SSSR count). The Hall–Kier alpha value is -7.09. The lowest BCUT2D eigenvalue weighted by Gasteiger charge is -2.35. The van der Waals surface area contributed by atoms with Crippen LogP contribution in [0.2, 0.25) is 0 Å². The highest BCUT2D eigenvalue weighted by molar-refractivity contribution is 9.09. The summed E-state index contributed by atoms with van der Waals surface area (Å²) < 4.78 is 105. The number of hydrogen-bond acceptors (Lipinski definition) is 19. The van der Waals surface area contributed by atoms with Crippen molar-refractivity contribution in [3.8, 4) is 24.1 Å². The molecule has 10 atom stereocenters. The van der Waals surface area contributed by atoms with Gasteiger partial charge < -0.3 is 58.3 Å². The van der Waals surface area contributed by atoms with E-state index in [0.29, 0.717) is 49.2 Å². The van der Waals surface area contributed by atoms with Crippen LogP contribution in [0.4, 0.5) is 27.2 Å². The average Bonchev–Trinajstić information content (AvgIpc) is 1.35. The smallest absolute Gasteiger partial charge is 0.408 e. The van der Waals surface area contributed by atoms with Crippen LogP contribution in [0.3, 0.4) is 0 Å². The van der Waals surface area contributed by atoms with E-state index >= 15 is 8.78 Å². The van der Waals surface area contributed by atoms with E-state index < -0.39 is 135 Å². The fraction of sp³-hybridized carbons (Fsp3) is 0.629. The zero-order chi connectivity index (χ0) is 71.5. The third kappa shape index (κ3) is 21.5. The van der Waals surface area contributed by atoms with E-state index in [1.807, 2.05) is 0 Å². The van der Waals surface area contributed by atoms with Gasteiger partial charge in [0.1, 0.15) is 55.2 Å². The third-order valence-electron chi connectivity index (χ3n) is 17.4. The largest absolute Gasteiger partial charge is 0.471 e. The Morgan fingerprint density at radius 2 is 1.39 bits per heavy atom. The van der Waals surface area contributed by atoms with Crippen LogP contribution >= 0.6 is 28.6 Å². The van der Waals surface area contributed by atoms with E-state index in [2.05, 4.69) is 72.0 Å². The molecule has 28 heteroatoms. The summed E-state index contributed by atoms with van der Waals surface area (Å²) in [6.07, 6.45) is 16.6. The number of hydrogen-bond donors (Lipinski definition) is 3. The maximum absolute atomic E-state index is 15.7. The molecule has 2 N–H and O–H groups in total. The molecular formula is C70H93BrF4N8O14S. The van der Waals surface area contributed by atoms with Gasteiger partial charge in [-0.05, 0) is 108 Å². The Labute approximate surface area is 584 Å². The first-order chi connectivity index (χ1) is 46.5. The van der Waals surface area contributed by atoms with E-state index in [4.69, 9.17) is 44.3 Å². The van der Waals surface area contributed by atoms with Gasteiger partial charge in [-0.25, -0.2) is 39.1 Å². The van der Waals surface area contributed by atoms with Gasteiger partial charge in [-0.1, -0.05) is 130 Å². The number of carbonyl (C=O) groups excluding carboxylic acids is 6. The number of terminal acetylenes is 1. The molecule has 2 bridgehead atoms. The third-order valence-corrected chi connectivity index (χ3v) is 18.1. The average molecular weight is 1460 g/mol. The number of benzene rings is 2. The number of unbranched alkanes of at least 4 members (excludes halogenated alkanes) is 7. The Morgan fingerprint density at radius 3 is 2.00 bits per heavy atom. The van der Waals surface area contributed by atoms with Gasteiger partial charge >= 0.3 is 34.9 Å². The first kappa shape index (κ1) is 78.3. The number of methoxy groups -OCH3 is 2. The number of fused-ring (bicyclic) bond motifs is 6. The topological polar surface area (TPSA) is 258 Å². The number of allylic oxidation sites excluding steroid dienone is 1. The highest BCUT2D eigenvalue weighted by Gasteiger charge is 2.50. The maximum Gasteiger partial charge on any atom is 0.408 e. The van der Waals surface area contributed by atoms with Gasteiger partial charge in [0.05, 0.1) is 68.2 Å². The first-order valence-electron chi connectivity index (χ1n) is 33.5. The number of alkyl carbamates (subject to hydrolysis) is 2. The van der Waals surface area contributed by atoms with Crippen molar-refractivity contribution in [1.82, 2.24) is 40.4 Å². The molecule has 2 aromatic carbocycles. The lowest BCUT2D eigenvalue weighted by molar-refractivity contribution is -0.152. The monoisotopic (exact) mass is 1460 g/mol. The van der Waals surface area contributed by atoms with Crippen LogP contribution in [0, 0.1) is 23.2 Å². The van der Waals surface area contributed by atoms with E-state index in [9.17, 15) is 37.5 Å². The SMILES string of the molecule is C#CCO[C@@H]1CCC[C@H]1OC(=O)N[C@H](C(=O)N1C[C@H](Oc2nc3ccccc3nc2C(F)(F)Br)C[C@H]1C(=O)OC)C(C)(C)C.CCCCCCCCCCS.COC(=O)[C@@H]1C[C@@H]2CN1C(=O)[C@H](C(C)(C)C)NC(=O)O[C@@H]1CCC[C@H]1OC/C=C/C(F)(F)c1nc3ccccc3nc1O2. The molecule has 2 saturated carbocycles. The van der Waals surface area contributed by atoms with E-state index in [1.54, 1.807) is 90.1 Å². The number of rotatable bonds is 18. The number of halogens is 5. The number of alkyl halides is 5. The summed E-state index contributed by atoms with van der Waals surface area (Å²) in [6, 6.07) is 8.60. The van der Waals surface area contributed by atoms with Gasteiger partial charge in [-0.15, -0.1) is 6.42 Å². The summed E-state index contributed by atoms with van der Waals surface area (Å²) in [6.45, 7) is 12.4. The number of esters is 2. The van der Waals surface area contributed by atoms with Gasteiger partial charge in [0.2, 0.25) is 23.6 Å². The van der Waals surface area contributed by atoms with Crippen molar-refractivity contribution in [2.45, 2.75) is 223 Å². The number of carbonyl (C=O) groups is 6. The van der Waals surface area contributed by atoms with Crippen molar-refractivity contribution in [3.63, 3.8) is 0 Å². The van der Waals surface area contributed by atoms with Gasteiger partial charge in [0.25, 0.3) is 0 Å². The Balaban J connectivity index is 0.000000239. The number of thiol groups is 1. The summed E-state index contributed by atoms with van der Waals surface area (Å²) >= 11 is 6.52. The molecule has 4 amide bonds. The molecule has 4 aromatic rings. The van der Waals surface area contributed by atoms with Gasteiger partial charge in [0, 0.05) is 12.8 Å². The van der Waals surface area contributed by atoms with Crippen LogP contribution < -0.4 is 20.1 Å². The summed E-state index contributed by atoms with van der Waals surface area (Å²) in [5.74, 6) is -3.59. The van der Waals surface area contributed by atoms with Crippen LogP contribution in [0.25, 0.3) is 22.1 Å². The minimum atomic E-state index is -3.60. The number of ether oxygens (including phenoxy) is 8. The zero-order valence-corrected chi connectivity index (χ0v) is 59.7. The summed E-state index contributed by atoms with van der Waals surface area (Å²) in [5, 5.41) is 5.35. The van der Waals surface area contributed by atoms with Crippen LogP contribution in [-0.2, 0) is 58.4 Å². The first-order valence-corrected chi connectivity index (χ1v) is 34.9. The molecule has 2 saturated heterocycles. The predicted molar refractivity (Wildman–Crippen MR) is 364 cm³/mol. The molecule has 5 aliphatic rings. The zero-order valence-electron chi connectivity index (χ0n) is 57.2. The minimum absolute atomic E-state index is 0.0489. The van der Waals surface area contributed by atoms with Crippen molar-refractivity contribution >= 4 is 86.6 Å². The van der Waals surface area contributed by atoms with Crippen molar-refractivity contribution < 1.29 is 84.2 Å². The summed E-state index contributed by atoms with van der Waals surface area (Å²) in [4.78, 5) is 95.4. The molecule has 2 aliphatic carbocycles. The molecule has 0 unspecified atom stereocenters. The quantitative estimate of drug-likeness (QED) is 0.0122.